The van der Waals surface area contributed by atoms with Gasteiger partial charge in [-0.15, -0.1) is 0 Å². The van der Waals surface area contributed by atoms with E-state index in [1.165, 1.54) is 10.4 Å². The third-order valence-electron chi connectivity index (χ3n) is 3.02. The van der Waals surface area contributed by atoms with Crippen molar-refractivity contribution in [1.29, 1.82) is 0 Å². The Balaban J connectivity index is 2.60. The van der Waals surface area contributed by atoms with Crippen molar-refractivity contribution < 1.29 is 13.2 Å². The van der Waals surface area contributed by atoms with Crippen LogP contribution in [0.1, 0.15) is 26.2 Å². The number of rotatable bonds is 8. The van der Waals surface area contributed by atoms with Crippen molar-refractivity contribution in [2.24, 2.45) is 0 Å². The number of anilines is 1. The van der Waals surface area contributed by atoms with Crippen LogP contribution >= 0.6 is 23.2 Å². The number of carbonyl (C=O) groups is 1. The summed E-state index contributed by atoms with van der Waals surface area (Å²) in [6.45, 7) is 2.55. The topological polar surface area (TPSA) is 66.5 Å². The van der Waals surface area contributed by atoms with Crippen molar-refractivity contribution >= 4 is 44.8 Å². The van der Waals surface area contributed by atoms with Crippen LogP contribution in [0.25, 0.3) is 0 Å². The molecule has 0 aliphatic carbocycles. The number of nitrogens with zero attached hydrogens (tertiary/aromatic N) is 1. The summed E-state index contributed by atoms with van der Waals surface area (Å²) in [4.78, 5) is 11.9. The first-order chi connectivity index (χ1) is 10.2. The molecule has 0 heterocycles. The molecule has 0 fully saturated rings. The Hall–Kier alpha value is -0.820. The van der Waals surface area contributed by atoms with Gasteiger partial charge in [-0.1, -0.05) is 36.5 Å². The average Bonchev–Trinajstić information content (AvgIpc) is 2.40. The lowest BCUT2D eigenvalue weighted by Crippen LogP contribution is -2.33. The number of sulfonamides is 1. The van der Waals surface area contributed by atoms with Crippen molar-refractivity contribution in [3.05, 3.63) is 28.2 Å². The van der Waals surface area contributed by atoms with Crippen LogP contribution in [0.3, 0.4) is 0 Å². The molecule has 1 N–H and O–H groups in total. The van der Waals surface area contributed by atoms with Gasteiger partial charge in [0.05, 0.1) is 17.0 Å². The number of amides is 1. The third-order valence-corrected chi connectivity index (χ3v) is 4.87. The fourth-order valence-electron chi connectivity index (χ4n) is 1.81. The van der Waals surface area contributed by atoms with Gasteiger partial charge in [-0.3, -0.25) is 4.79 Å². The summed E-state index contributed by atoms with van der Waals surface area (Å²) in [6.07, 6.45) is 2.86. The Morgan fingerprint density at radius 2 is 1.95 bits per heavy atom. The number of nitrogens with one attached hydrogen (secondary N) is 1. The molecule has 0 bridgehead atoms. The SMILES string of the molecule is CCCCN(CCC(=O)Nc1ccc(Cl)cc1Cl)S(C)(=O)=O. The summed E-state index contributed by atoms with van der Waals surface area (Å²) >= 11 is 11.8. The molecule has 0 saturated carbocycles. The highest BCUT2D eigenvalue weighted by molar-refractivity contribution is 7.88. The van der Waals surface area contributed by atoms with Crippen LogP contribution in [0.4, 0.5) is 5.69 Å². The predicted octanol–water partition coefficient (Wildman–Crippen LogP) is 3.38. The zero-order chi connectivity index (χ0) is 16.8. The Labute approximate surface area is 141 Å². The molecule has 1 aromatic carbocycles. The van der Waals surface area contributed by atoms with Crippen LogP contribution in [-0.4, -0.2) is 38.0 Å². The number of carbonyl (C=O) groups excluding carboxylic acids is 1. The van der Waals surface area contributed by atoms with E-state index in [1.54, 1.807) is 12.1 Å². The Kier molecular flexibility index (Phi) is 7.62. The van der Waals surface area contributed by atoms with Gasteiger partial charge in [0.25, 0.3) is 0 Å². The second kappa shape index (κ2) is 8.72. The highest BCUT2D eigenvalue weighted by atomic mass is 35.5. The van der Waals surface area contributed by atoms with Gasteiger partial charge in [0.15, 0.2) is 0 Å². The monoisotopic (exact) mass is 366 g/mol. The largest absolute Gasteiger partial charge is 0.325 e. The number of halogens is 2. The molecule has 0 aliphatic heterocycles. The lowest BCUT2D eigenvalue weighted by atomic mass is 10.3. The van der Waals surface area contributed by atoms with Gasteiger partial charge in [-0.2, -0.15) is 0 Å². The van der Waals surface area contributed by atoms with Gasteiger partial charge in [-0.05, 0) is 24.6 Å². The van der Waals surface area contributed by atoms with E-state index in [1.807, 2.05) is 6.92 Å². The van der Waals surface area contributed by atoms with E-state index in [0.29, 0.717) is 22.3 Å². The maximum absolute atomic E-state index is 11.9. The quantitative estimate of drug-likeness (QED) is 0.766. The minimum atomic E-state index is -3.31. The Morgan fingerprint density at radius 1 is 1.27 bits per heavy atom. The summed E-state index contributed by atoms with van der Waals surface area (Å²) in [6, 6.07) is 4.75. The lowest BCUT2D eigenvalue weighted by molar-refractivity contribution is -0.116. The van der Waals surface area contributed by atoms with E-state index >= 15 is 0 Å². The summed E-state index contributed by atoms with van der Waals surface area (Å²) in [5.41, 5.74) is 0.454. The highest BCUT2D eigenvalue weighted by Crippen LogP contribution is 2.25. The molecular formula is C14H20Cl2N2O3S. The molecule has 1 aromatic rings. The molecule has 124 valence electrons. The van der Waals surface area contributed by atoms with E-state index in [-0.39, 0.29) is 18.9 Å². The molecule has 0 saturated heterocycles. The fourth-order valence-corrected chi connectivity index (χ4v) is 3.15. The maximum Gasteiger partial charge on any atom is 0.225 e. The molecule has 5 nitrogen and oxygen atoms in total. The summed E-state index contributed by atoms with van der Waals surface area (Å²) in [7, 11) is -3.31. The second-order valence-corrected chi connectivity index (χ2v) is 7.76. The average molecular weight is 367 g/mol. The van der Waals surface area contributed by atoms with Gasteiger partial charge >= 0.3 is 0 Å². The molecular weight excluding hydrogens is 347 g/mol. The molecule has 0 radical (unpaired) electrons. The molecule has 1 amide bonds. The Morgan fingerprint density at radius 3 is 2.50 bits per heavy atom. The lowest BCUT2D eigenvalue weighted by Gasteiger charge is -2.19. The van der Waals surface area contributed by atoms with Crippen molar-refractivity contribution in [1.82, 2.24) is 4.31 Å². The number of hydrogen-bond donors (Lipinski definition) is 1. The third kappa shape index (κ3) is 6.52. The first-order valence-corrected chi connectivity index (χ1v) is 9.54. The summed E-state index contributed by atoms with van der Waals surface area (Å²) in [5.74, 6) is -0.297. The summed E-state index contributed by atoms with van der Waals surface area (Å²) in [5, 5.41) is 3.47. The van der Waals surface area contributed by atoms with Gasteiger partial charge in [0.2, 0.25) is 15.9 Å². The van der Waals surface area contributed by atoms with E-state index in [2.05, 4.69) is 5.32 Å². The number of hydrogen-bond acceptors (Lipinski definition) is 3. The van der Waals surface area contributed by atoms with E-state index in [0.717, 1.165) is 19.1 Å². The van der Waals surface area contributed by atoms with E-state index < -0.39 is 10.0 Å². The molecule has 0 aromatic heterocycles. The standard InChI is InChI=1S/C14H20Cl2N2O3S/c1-3-4-8-18(22(2,20)21)9-7-14(19)17-13-6-5-11(15)10-12(13)16/h5-6,10H,3-4,7-9H2,1-2H3,(H,17,19). The molecule has 8 heteroatoms. The van der Waals surface area contributed by atoms with Crippen molar-refractivity contribution in [2.45, 2.75) is 26.2 Å². The van der Waals surface area contributed by atoms with Crippen LogP contribution in [0.2, 0.25) is 10.0 Å². The molecule has 22 heavy (non-hydrogen) atoms. The van der Waals surface area contributed by atoms with Crippen LogP contribution < -0.4 is 5.32 Å². The molecule has 0 aliphatic rings. The maximum atomic E-state index is 11.9. The fraction of sp³-hybridized carbons (Fsp3) is 0.500. The highest BCUT2D eigenvalue weighted by Gasteiger charge is 2.17. The van der Waals surface area contributed by atoms with Crippen molar-refractivity contribution in [2.75, 3.05) is 24.7 Å². The Bertz CT molecular complexity index is 621. The zero-order valence-corrected chi connectivity index (χ0v) is 14.9. The molecule has 0 unspecified atom stereocenters. The minimum Gasteiger partial charge on any atom is -0.325 e. The second-order valence-electron chi connectivity index (χ2n) is 4.94. The minimum absolute atomic E-state index is 0.0652. The van der Waals surface area contributed by atoms with Crippen LogP contribution in [-0.2, 0) is 14.8 Å². The first kappa shape index (κ1) is 19.2. The molecule has 0 atom stereocenters. The van der Waals surface area contributed by atoms with Crippen LogP contribution in [0.15, 0.2) is 18.2 Å². The number of unbranched alkanes of at least 4 members (excludes halogenated alkanes) is 1. The van der Waals surface area contributed by atoms with Crippen molar-refractivity contribution in [3.8, 4) is 0 Å². The van der Waals surface area contributed by atoms with Gasteiger partial charge < -0.3 is 5.32 Å². The van der Waals surface area contributed by atoms with E-state index in [4.69, 9.17) is 23.2 Å². The summed E-state index contributed by atoms with van der Waals surface area (Å²) < 4.78 is 24.6. The van der Waals surface area contributed by atoms with Crippen LogP contribution in [0, 0.1) is 0 Å². The van der Waals surface area contributed by atoms with Crippen molar-refractivity contribution in [3.63, 3.8) is 0 Å². The zero-order valence-electron chi connectivity index (χ0n) is 12.6. The molecule has 0 spiro atoms. The predicted molar refractivity (Wildman–Crippen MR) is 91.0 cm³/mol. The molecule has 1 rings (SSSR count). The smallest absolute Gasteiger partial charge is 0.225 e. The first-order valence-electron chi connectivity index (χ1n) is 6.94. The normalized spacial score (nSPS) is 11.7. The van der Waals surface area contributed by atoms with Gasteiger partial charge in [0, 0.05) is 24.5 Å². The van der Waals surface area contributed by atoms with E-state index in [9.17, 15) is 13.2 Å². The van der Waals surface area contributed by atoms with Crippen LogP contribution in [0.5, 0.6) is 0 Å². The van der Waals surface area contributed by atoms with Gasteiger partial charge in [0.1, 0.15) is 0 Å². The van der Waals surface area contributed by atoms with Gasteiger partial charge in [-0.25, -0.2) is 12.7 Å². The number of benzene rings is 1.